The largest absolute Gasteiger partial charge is 0.480 e. The zero-order chi connectivity index (χ0) is 12.7. The van der Waals surface area contributed by atoms with Crippen molar-refractivity contribution in [3.8, 4) is 0 Å². The molecule has 0 radical (unpaired) electrons. The Bertz CT molecular complexity index is 242. The van der Waals surface area contributed by atoms with Gasteiger partial charge in [0.1, 0.15) is 11.8 Å². The lowest BCUT2D eigenvalue weighted by atomic mass is 9.94. The van der Waals surface area contributed by atoms with Gasteiger partial charge >= 0.3 is 5.97 Å². The maximum Gasteiger partial charge on any atom is 0.320 e. The molecule has 0 aromatic carbocycles. The second kappa shape index (κ2) is 7.35. The quantitative estimate of drug-likeness (QED) is 0.566. The lowest BCUT2D eigenvalue weighted by Gasteiger charge is -2.17. The molecule has 0 bridgehead atoms. The van der Waals surface area contributed by atoms with Crippen molar-refractivity contribution in [3.05, 3.63) is 0 Å². The van der Waals surface area contributed by atoms with Crippen molar-refractivity contribution < 1.29 is 19.8 Å². The molecule has 0 aliphatic carbocycles. The van der Waals surface area contributed by atoms with Gasteiger partial charge in [-0.3, -0.25) is 9.59 Å². The van der Waals surface area contributed by atoms with Gasteiger partial charge < -0.3 is 15.9 Å². The number of carbonyl (C=O) groups is 2. The van der Waals surface area contributed by atoms with Crippen LogP contribution in [0.3, 0.4) is 0 Å². The summed E-state index contributed by atoms with van der Waals surface area (Å²) in [5.41, 5.74) is 5.37. The molecule has 0 aliphatic rings. The number of carboxylic acids is 1. The van der Waals surface area contributed by atoms with Crippen LogP contribution in [0, 0.1) is 5.92 Å². The number of Topliss-reactive ketones (excluding diaryl/α,β-unsaturated/α-hetero) is 1. The number of aliphatic hydroxyl groups excluding tert-OH is 1. The predicted molar refractivity (Wildman–Crippen MR) is 59.9 cm³/mol. The molecule has 3 atom stereocenters. The lowest BCUT2D eigenvalue weighted by molar-refractivity contribution is -0.139. The molecule has 0 amide bonds. The summed E-state index contributed by atoms with van der Waals surface area (Å²) < 4.78 is 0. The molecule has 4 N–H and O–H groups in total. The van der Waals surface area contributed by atoms with Crippen LogP contribution in [0.25, 0.3) is 0 Å². The molecule has 94 valence electrons. The van der Waals surface area contributed by atoms with Crippen molar-refractivity contribution in [2.24, 2.45) is 11.7 Å². The lowest BCUT2D eigenvalue weighted by Crippen LogP contribution is -2.32. The minimum Gasteiger partial charge on any atom is -0.480 e. The van der Waals surface area contributed by atoms with E-state index in [1.54, 1.807) is 6.92 Å². The summed E-state index contributed by atoms with van der Waals surface area (Å²) in [7, 11) is 0. The number of aliphatic carboxylic acids is 1. The Morgan fingerprint density at radius 1 is 1.31 bits per heavy atom. The number of rotatable bonds is 8. The van der Waals surface area contributed by atoms with Gasteiger partial charge in [-0.05, 0) is 18.8 Å². The molecule has 0 saturated carbocycles. The predicted octanol–water partition coefficient (Wildman–Crippen LogP) is 0.545. The first-order valence-electron chi connectivity index (χ1n) is 5.54. The average molecular weight is 231 g/mol. The number of hydrogen-bond acceptors (Lipinski definition) is 4. The van der Waals surface area contributed by atoms with Crippen molar-refractivity contribution in [1.29, 1.82) is 0 Å². The van der Waals surface area contributed by atoms with Crippen LogP contribution in [0.15, 0.2) is 0 Å². The third kappa shape index (κ3) is 6.53. The minimum atomic E-state index is -1.04. The van der Waals surface area contributed by atoms with E-state index in [0.717, 1.165) is 0 Å². The molecule has 0 rings (SSSR count). The first-order valence-corrected chi connectivity index (χ1v) is 5.54. The topological polar surface area (TPSA) is 101 Å². The molecule has 0 heterocycles. The fourth-order valence-electron chi connectivity index (χ4n) is 1.59. The van der Waals surface area contributed by atoms with Crippen molar-refractivity contribution in [2.75, 3.05) is 0 Å². The van der Waals surface area contributed by atoms with Crippen molar-refractivity contribution >= 4 is 11.8 Å². The van der Waals surface area contributed by atoms with Gasteiger partial charge in [0.05, 0.1) is 6.10 Å². The zero-order valence-corrected chi connectivity index (χ0v) is 9.85. The van der Waals surface area contributed by atoms with Gasteiger partial charge in [-0.25, -0.2) is 0 Å². The minimum absolute atomic E-state index is 0.00856. The molecule has 1 unspecified atom stereocenters. The van der Waals surface area contributed by atoms with Crippen molar-refractivity contribution in [2.45, 2.75) is 51.7 Å². The first kappa shape index (κ1) is 15.1. The fraction of sp³-hybridized carbons (Fsp3) is 0.818. The number of nitrogens with two attached hydrogens (primary N) is 1. The summed E-state index contributed by atoms with van der Waals surface area (Å²) in [6.07, 6.45) is 0.589. The summed E-state index contributed by atoms with van der Waals surface area (Å²) in [6.45, 7) is 3.57. The molecule has 0 aromatic rings. The van der Waals surface area contributed by atoms with Crippen LogP contribution in [0.2, 0.25) is 0 Å². The van der Waals surface area contributed by atoms with E-state index in [2.05, 4.69) is 0 Å². The van der Waals surface area contributed by atoms with Crippen LogP contribution in [0.1, 0.15) is 39.5 Å². The molecule has 5 nitrogen and oxygen atoms in total. The number of carbonyl (C=O) groups excluding carboxylic acids is 1. The van der Waals surface area contributed by atoms with E-state index in [1.807, 2.05) is 6.92 Å². The maximum atomic E-state index is 11.1. The zero-order valence-electron chi connectivity index (χ0n) is 9.85. The number of hydrogen-bond donors (Lipinski definition) is 3. The van der Waals surface area contributed by atoms with E-state index in [1.165, 1.54) is 0 Å². The second-order valence-corrected chi connectivity index (χ2v) is 4.27. The molecule has 0 saturated heterocycles. The summed E-state index contributed by atoms with van der Waals surface area (Å²) in [4.78, 5) is 21.6. The summed E-state index contributed by atoms with van der Waals surface area (Å²) >= 11 is 0. The normalized spacial score (nSPS) is 16.5. The molecule has 0 aromatic heterocycles. The van der Waals surface area contributed by atoms with Gasteiger partial charge in [0.2, 0.25) is 0 Å². The van der Waals surface area contributed by atoms with Gasteiger partial charge in [-0.1, -0.05) is 13.8 Å². The second-order valence-electron chi connectivity index (χ2n) is 4.27. The van der Waals surface area contributed by atoms with Crippen LogP contribution >= 0.6 is 0 Å². The summed E-state index contributed by atoms with van der Waals surface area (Å²) in [5, 5.41) is 18.2. The molecule has 5 heteroatoms. The molecule has 0 fully saturated rings. The van der Waals surface area contributed by atoms with Crippen molar-refractivity contribution in [1.82, 2.24) is 0 Å². The molecule has 0 aliphatic heterocycles. The van der Waals surface area contributed by atoms with Gasteiger partial charge in [0.25, 0.3) is 0 Å². The Balaban J connectivity index is 3.90. The molecular formula is C11H21NO4. The molecular weight excluding hydrogens is 210 g/mol. The van der Waals surface area contributed by atoms with Crippen LogP contribution < -0.4 is 5.73 Å². The number of ketones is 1. The Hall–Kier alpha value is -0.940. The van der Waals surface area contributed by atoms with Gasteiger partial charge in [-0.2, -0.15) is 0 Å². The van der Waals surface area contributed by atoms with E-state index in [-0.39, 0.29) is 18.1 Å². The fourth-order valence-corrected chi connectivity index (χ4v) is 1.59. The first-order chi connectivity index (χ1) is 7.36. The average Bonchev–Trinajstić information content (AvgIpc) is 2.16. The Kier molecular flexibility index (Phi) is 6.92. The van der Waals surface area contributed by atoms with E-state index in [9.17, 15) is 14.7 Å². The van der Waals surface area contributed by atoms with E-state index >= 15 is 0 Å². The number of carboxylic acid groups (broad SMARTS) is 1. The maximum absolute atomic E-state index is 11.1. The third-order valence-electron chi connectivity index (χ3n) is 2.51. The van der Waals surface area contributed by atoms with Crippen LogP contribution in [-0.4, -0.2) is 34.1 Å². The van der Waals surface area contributed by atoms with E-state index < -0.39 is 18.1 Å². The van der Waals surface area contributed by atoms with Gasteiger partial charge in [-0.15, -0.1) is 0 Å². The smallest absolute Gasteiger partial charge is 0.320 e. The van der Waals surface area contributed by atoms with Crippen LogP contribution in [0.5, 0.6) is 0 Å². The third-order valence-corrected chi connectivity index (χ3v) is 2.51. The van der Waals surface area contributed by atoms with Gasteiger partial charge in [0, 0.05) is 12.8 Å². The van der Waals surface area contributed by atoms with Gasteiger partial charge in [0.15, 0.2) is 0 Å². The van der Waals surface area contributed by atoms with E-state index in [0.29, 0.717) is 19.3 Å². The Labute approximate surface area is 95.6 Å². The monoisotopic (exact) mass is 231 g/mol. The number of aliphatic hydroxyl groups is 1. The highest BCUT2D eigenvalue weighted by Gasteiger charge is 2.19. The SMILES string of the molecule is CCC(=O)CC(O)C[C@@H](C)C[C@H](N)C(=O)O. The highest BCUT2D eigenvalue weighted by atomic mass is 16.4. The van der Waals surface area contributed by atoms with Crippen molar-refractivity contribution in [3.63, 3.8) is 0 Å². The summed E-state index contributed by atoms with van der Waals surface area (Å²) in [6, 6.07) is -0.899. The molecule has 16 heavy (non-hydrogen) atoms. The Morgan fingerprint density at radius 2 is 1.88 bits per heavy atom. The van der Waals surface area contributed by atoms with E-state index in [4.69, 9.17) is 10.8 Å². The summed E-state index contributed by atoms with van der Waals surface area (Å²) in [5.74, 6) is -1.03. The highest BCUT2D eigenvalue weighted by molar-refractivity contribution is 5.78. The Morgan fingerprint density at radius 3 is 2.31 bits per heavy atom. The standard InChI is InChI=1S/C11H21NO4/c1-3-8(13)6-9(14)4-7(2)5-10(12)11(15)16/h7,9-10,14H,3-6,12H2,1-2H3,(H,15,16)/t7-,9?,10+/m1/s1. The van der Waals surface area contributed by atoms with Crippen LogP contribution in [0.4, 0.5) is 0 Å². The van der Waals surface area contributed by atoms with Crippen LogP contribution in [-0.2, 0) is 9.59 Å². The highest BCUT2D eigenvalue weighted by Crippen LogP contribution is 2.14. The molecule has 0 spiro atoms.